The first-order valence-corrected chi connectivity index (χ1v) is 15.6. The zero-order valence-corrected chi connectivity index (χ0v) is 25.3. The number of hydrogen-bond acceptors (Lipinski definition) is 5. The lowest BCUT2D eigenvalue weighted by atomic mass is 9.90. The van der Waals surface area contributed by atoms with Gasteiger partial charge in [-0.25, -0.2) is 19.9 Å². The number of hydrogen-bond donors (Lipinski definition) is 0. The highest BCUT2D eigenvalue weighted by Crippen LogP contribution is 2.51. The van der Waals surface area contributed by atoms with Crippen molar-refractivity contribution in [3.63, 3.8) is 0 Å². The van der Waals surface area contributed by atoms with Crippen molar-refractivity contribution in [2.45, 2.75) is 0 Å². The standard InChI is InChI=1S/C42H27N5/c1-4-12-28(13-5-1)33-22-31-18-11-21-39-40(31)35(24-33)36-26-43-27-44-42(36)47(39)34-20-10-19-32(23-34)41-45-37(29-14-6-2-7-15-29)25-38(46-41)30-16-8-3-9-17-30/h1-27H. The molecule has 8 aromatic rings. The van der Waals surface area contributed by atoms with Crippen LogP contribution in [0.3, 0.4) is 0 Å². The summed E-state index contributed by atoms with van der Waals surface area (Å²) in [5, 5.41) is 2.34. The predicted octanol–water partition coefficient (Wildman–Crippen LogP) is 10.5. The summed E-state index contributed by atoms with van der Waals surface area (Å²) in [6.45, 7) is 0. The lowest BCUT2D eigenvalue weighted by molar-refractivity contribution is 1.11. The van der Waals surface area contributed by atoms with Gasteiger partial charge in [-0.1, -0.05) is 115 Å². The summed E-state index contributed by atoms with van der Waals surface area (Å²) in [6.07, 6.45) is 3.55. The molecule has 0 atom stereocenters. The van der Waals surface area contributed by atoms with Gasteiger partial charge in [0.05, 0.1) is 17.1 Å². The van der Waals surface area contributed by atoms with Crippen LogP contribution in [0, 0.1) is 0 Å². The molecule has 1 aliphatic heterocycles. The van der Waals surface area contributed by atoms with Crippen molar-refractivity contribution in [3.05, 3.63) is 164 Å². The second kappa shape index (κ2) is 11.2. The first-order valence-electron chi connectivity index (χ1n) is 15.6. The average molecular weight is 602 g/mol. The van der Waals surface area contributed by atoms with Crippen molar-refractivity contribution in [1.82, 2.24) is 19.9 Å². The van der Waals surface area contributed by atoms with Crippen molar-refractivity contribution in [2.24, 2.45) is 0 Å². The first-order chi connectivity index (χ1) is 23.3. The van der Waals surface area contributed by atoms with Gasteiger partial charge in [0.15, 0.2) is 5.82 Å². The number of anilines is 3. The molecule has 0 N–H and O–H groups in total. The molecule has 5 heteroatoms. The fourth-order valence-corrected chi connectivity index (χ4v) is 6.54. The quantitative estimate of drug-likeness (QED) is 0.196. The molecule has 0 spiro atoms. The zero-order valence-electron chi connectivity index (χ0n) is 25.3. The highest BCUT2D eigenvalue weighted by molar-refractivity contribution is 6.14. The van der Waals surface area contributed by atoms with Gasteiger partial charge in [-0.15, -0.1) is 0 Å². The van der Waals surface area contributed by atoms with Crippen LogP contribution in [-0.2, 0) is 0 Å². The third-order valence-corrected chi connectivity index (χ3v) is 8.72. The maximum atomic E-state index is 5.09. The molecule has 47 heavy (non-hydrogen) atoms. The molecule has 220 valence electrons. The zero-order chi connectivity index (χ0) is 31.2. The monoisotopic (exact) mass is 601 g/mol. The van der Waals surface area contributed by atoms with Crippen LogP contribution < -0.4 is 4.90 Å². The van der Waals surface area contributed by atoms with E-state index in [1.807, 2.05) is 48.7 Å². The molecule has 0 fully saturated rings. The molecule has 9 rings (SSSR count). The molecule has 0 amide bonds. The largest absolute Gasteiger partial charge is 0.294 e. The van der Waals surface area contributed by atoms with E-state index < -0.39 is 0 Å². The Morgan fingerprint density at radius 3 is 1.81 bits per heavy atom. The third kappa shape index (κ3) is 4.73. The summed E-state index contributed by atoms with van der Waals surface area (Å²) in [5.41, 5.74) is 11.3. The van der Waals surface area contributed by atoms with Crippen molar-refractivity contribution < 1.29 is 0 Å². The van der Waals surface area contributed by atoms with E-state index in [4.69, 9.17) is 15.0 Å². The summed E-state index contributed by atoms with van der Waals surface area (Å²) in [6, 6.07) is 52.6. The van der Waals surface area contributed by atoms with Gasteiger partial charge in [0.25, 0.3) is 0 Å². The molecule has 0 aliphatic carbocycles. The molecule has 0 saturated carbocycles. The topological polar surface area (TPSA) is 54.8 Å². The van der Waals surface area contributed by atoms with Gasteiger partial charge in [0, 0.05) is 39.5 Å². The SMILES string of the molecule is c1ccc(-c2cc3c4c(cccc4c2)N(c2cccc(-c4nc(-c5ccccc5)cc(-c5ccccc5)n4)c2)c2ncncc2-3)cc1. The summed E-state index contributed by atoms with van der Waals surface area (Å²) < 4.78 is 0. The molecule has 0 saturated heterocycles. The smallest absolute Gasteiger partial charge is 0.160 e. The Bertz CT molecular complexity index is 2350. The number of rotatable bonds is 5. The molecular formula is C42H27N5. The third-order valence-electron chi connectivity index (χ3n) is 8.72. The van der Waals surface area contributed by atoms with Crippen molar-refractivity contribution in [1.29, 1.82) is 0 Å². The minimum atomic E-state index is 0.665. The van der Waals surface area contributed by atoms with Crippen LogP contribution in [-0.4, -0.2) is 19.9 Å². The Morgan fingerprint density at radius 2 is 1.11 bits per heavy atom. The molecule has 5 nitrogen and oxygen atoms in total. The normalized spacial score (nSPS) is 11.8. The predicted molar refractivity (Wildman–Crippen MR) is 191 cm³/mol. The van der Waals surface area contributed by atoms with Gasteiger partial charge in [0.1, 0.15) is 12.1 Å². The van der Waals surface area contributed by atoms with Crippen LogP contribution in [0.1, 0.15) is 0 Å². The number of benzene rings is 6. The van der Waals surface area contributed by atoms with Gasteiger partial charge < -0.3 is 0 Å². The highest BCUT2D eigenvalue weighted by Gasteiger charge is 2.28. The second-order valence-corrected chi connectivity index (χ2v) is 11.6. The molecule has 6 aromatic carbocycles. The molecule has 0 bridgehead atoms. The summed E-state index contributed by atoms with van der Waals surface area (Å²) in [7, 11) is 0. The molecule has 2 aromatic heterocycles. The van der Waals surface area contributed by atoms with Gasteiger partial charge >= 0.3 is 0 Å². The van der Waals surface area contributed by atoms with Crippen molar-refractivity contribution in [3.8, 4) is 56.2 Å². The van der Waals surface area contributed by atoms with Crippen LogP contribution in [0.15, 0.2) is 164 Å². The van der Waals surface area contributed by atoms with E-state index in [-0.39, 0.29) is 0 Å². The maximum Gasteiger partial charge on any atom is 0.160 e. The van der Waals surface area contributed by atoms with Crippen molar-refractivity contribution >= 4 is 28.0 Å². The fourth-order valence-electron chi connectivity index (χ4n) is 6.54. The van der Waals surface area contributed by atoms with Crippen LogP contribution in [0.4, 0.5) is 17.2 Å². The molecular weight excluding hydrogens is 574 g/mol. The average Bonchev–Trinajstić information content (AvgIpc) is 3.16. The van der Waals surface area contributed by atoms with E-state index in [0.29, 0.717) is 5.82 Å². The van der Waals surface area contributed by atoms with Crippen LogP contribution in [0.5, 0.6) is 0 Å². The summed E-state index contributed by atoms with van der Waals surface area (Å²) in [5.74, 6) is 1.50. The maximum absolute atomic E-state index is 5.09. The Hall–Kier alpha value is -6.46. The second-order valence-electron chi connectivity index (χ2n) is 11.6. The Balaban J connectivity index is 1.22. The number of aromatic nitrogens is 4. The lowest BCUT2D eigenvalue weighted by Gasteiger charge is -2.32. The van der Waals surface area contributed by atoms with E-state index in [1.54, 1.807) is 6.33 Å². The van der Waals surface area contributed by atoms with Crippen molar-refractivity contribution in [2.75, 3.05) is 4.90 Å². The van der Waals surface area contributed by atoms with Gasteiger partial charge in [-0.05, 0) is 58.5 Å². The fraction of sp³-hybridized carbons (Fsp3) is 0. The minimum absolute atomic E-state index is 0.665. The van der Waals surface area contributed by atoms with E-state index in [0.717, 1.165) is 56.4 Å². The molecule has 1 aliphatic rings. The van der Waals surface area contributed by atoms with Crippen LogP contribution in [0.2, 0.25) is 0 Å². The Kier molecular flexibility index (Phi) is 6.39. The Labute approximate surface area is 272 Å². The highest BCUT2D eigenvalue weighted by atomic mass is 15.2. The summed E-state index contributed by atoms with van der Waals surface area (Å²) in [4.78, 5) is 21.7. The molecule has 3 heterocycles. The lowest BCUT2D eigenvalue weighted by Crippen LogP contribution is -2.17. The first kappa shape index (κ1) is 26.9. The molecule has 0 unspecified atom stereocenters. The van der Waals surface area contributed by atoms with E-state index in [9.17, 15) is 0 Å². The van der Waals surface area contributed by atoms with Gasteiger partial charge in [-0.3, -0.25) is 4.90 Å². The van der Waals surface area contributed by atoms with E-state index in [1.165, 1.54) is 21.9 Å². The van der Waals surface area contributed by atoms with E-state index >= 15 is 0 Å². The van der Waals surface area contributed by atoms with E-state index in [2.05, 4.69) is 119 Å². The minimum Gasteiger partial charge on any atom is -0.294 e. The van der Waals surface area contributed by atoms with Gasteiger partial charge in [-0.2, -0.15) is 0 Å². The Morgan fingerprint density at radius 1 is 0.468 bits per heavy atom. The summed E-state index contributed by atoms with van der Waals surface area (Å²) >= 11 is 0. The number of nitrogens with zero attached hydrogens (tertiary/aromatic N) is 5. The number of fused-ring (bicyclic) bond motifs is 2. The van der Waals surface area contributed by atoms with Crippen LogP contribution in [0.25, 0.3) is 66.9 Å². The molecule has 0 radical (unpaired) electrons. The van der Waals surface area contributed by atoms with Crippen LogP contribution >= 0.6 is 0 Å². The van der Waals surface area contributed by atoms with Gasteiger partial charge in [0.2, 0.25) is 0 Å².